The molecule has 3 rings (SSSR count). The molecule has 1 heterocycles. The van der Waals surface area contributed by atoms with Crippen molar-refractivity contribution in [2.75, 3.05) is 6.54 Å². The number of carbonyl (C=O) groups is 1. The molecule has 144 valence electrons. The maximum absolute atomic E-state index is 12.8. The Hall–Kier alpha value is -3.01. The van der Waals surface area contributed by atoms with Crippen LogP contribution in [0.4, 0.5) is 0 Å². The van der Waals surface area contributed by atoms with Crippen molar-refractivity contribution in [2.45, 2.75) is 62.8 Å². The van der Waals surface area contributed by atoms with Crippen molar-refractivity contribution >= 4 is 5.91 Å². The molecule has 0 aromatic heterocycles. The monoisotopic (exact) mass is 376 g/mol. The summed E-state index contributed by atoms with van der Waals surface area (Å²) in [7, 11) is 0. The highest BCUT2D eigenvalue weighted by Gasteiger charge is 2.39. The first kappa shape index (κ1) is 19.7. The fourth-order valence-electron chi connectivity index (χ4n) is 4.07. The maximum atomic E-state index is 12.8. The number of nitrogens with one attached hydrogen (secondary N) is 1. The van der Waals surface area contributed by atoms with E-state index in [9.17, 15) is 10.1 Å². The highest BCUT2D eigenvalue weighted by molar-refractivity contribution is 5.80. The number of amides is 1. The van der Waals surface area contributed by atoms with Gasteiger partial charge in [0.25, 0.3) is 0 Å². The Morgan fingerprint density at radius 2 is 2.00 bits per heavy atom. The van der Waals surface area contributed by atoms with Crippen LogP contribution in [-0.4, -0.2) is 35.2 Å². The number of hydrogen-bond donors (Lipinski definition) is 1. The van der Waals surface area contributed by atoms with E-state index in [0.717, 1.165) is 32.1 Å². The minimum Gasteiger partial charge on any atom is -0.473 e. The lowest BCUT2D eigenvalue weighted by Crippen LogP contribution is -2.55. The van der Waals surface area contributed by atoms with Gasteiger partial charge in [0, 0.05) is 12.8 Å². The standard InChI is InChI=1S/C22H24N4O2/c1-2-18-9-10-19(15-24)26(18)21(27)16-25-22(11-4-3-5-12-22)28-20-8-6-7-17(13-20)14-23/h1,6-8,13,18-19,25H,3-5,9-12,16H2/t18-,19-/m0/s1. The third kappa shape index (κ3) is 4.28. The second-order valence-corrected chi connectivity index (χ2v) is 7.36. The average molecular weight is 376 g/mol. The Balaban J connectivity index is 1.72. The van der Waals surface area contributed by atoms with Gasteiger partial charge in [-0.15, -0.1) is 6.42 Å². The molecule has 2 fully saturated rings. The molecule has 1 N–H and O–H groups in total. The molecule has 28 heavy (non-hydrogen) atoms. The fraction of sp³-hybridized carbons (Fsp3) is 0.500. The zero-order chi connectivity index (χ0) is 20.0. The van der Waals surface area contributed by atoms with Crippen LogP contribution in [0.15, 0.2) is 24.3 Å². The summed E-state index contributed by atoms with van der Waals surface area (Å²) >= 11 is 0. The van der Waals surface area contributed by atoms with E-state index in [1.165, 1.54) is 4.90 Å². The van der Waals surface area contributed by atoms with Gasteiger partial charge >= 0.3 is 0 Å². The lowest BCUT2D eigenvalue weighted by molar-refractivity contribution is -0.133. The van der Waals surface area contributed by atoms with Crippen LogP contribution in [0.25, 0.3) is 0 Å². The van der Waals surface area contributed by atoms with Crippen molar-refractivity contribution in [1.29, 1.82) is 10.5 Å². The molecular weight excluding hydrogens is 352 g/mol. The zero-order valence-electron chi connectivity index (χ0n) is 15.9. The van der Waals surface area contributed by atoms with Crippen LogP contribution in [0.1, 0.15) is 50.5 Å². The van der Waals surface area contributed by atoms with Gasteiger partial charge in [0.15, 0.2) is 5.72 Å². The van der Waals surface area contributed by atoms with Crippen molar-refractivity contribution in [1.82, 2.24) is 10.2 Å². The summed E-state index contributed by atoms with van der Waals surface area (Å²) < 4.78 is 6.27. The first-order chi connectivity index (χ1) is 13.6. The van der Waals surface area contributed by atoms with Crippen LogP contribution in [0, 0.1) is 35.0 Å². The van der Waals surface area contributed by atoms with Gasteiger partial charge in [-0.2, -0.15) is 10.5 Å². The number of rotatable bonds is 5. The van der Waals surface area contributed by atoms with E-state index in [-0.39, 0.29) is 18.5 Å². The van der Waals surface area contributed by atoms with Gasteiger partial charge in [-0.1, -0.05) is 18.4 Å². The van der Waals surface area contributed by atoms with Gasteiger partial charge < -0.3 is 9.64 Å². The first-order valence-electron chi connectivity index (χ1n) is 9.72. The van der Waals surface area contributed by atoms with Crippen LogP contribution in [0.5, 0.6) is 5.75 Å². The van der Waals surface area contributed by atoms with Crippen LogP contribution >= 0.6 is 0 Å². The van der Waals surface area contributed by atoms with Crippen molar-refractivity contribution in [3.63, 3.8) is 0 Å². The van der Waals surface area contributed by atoms with Crippen molar-refractivity contribution in [2.24, 2.45) is 0 Å². The molecule has 1 aliphatic heterocycles. The number of ether oxygens (including phenoxy) is 1. The van der Waals surface area contributed by atoms with Crippen LogP contribution in [0.2, 0.25) is 0 Å². The number of nitrogens with zero attached hydrogens (tertiary/aromatic N) is 3. The molecule has 1 aromatic rings. The number of carbonyl (C=O) groups excluding carboxylic acids is 1. The van der Waals surface area contributed by atoms with E-state index in [1.54, 1.807) is 18.2 Å². The van der Waals surface area contributed by atoms with E-state index in [2.05, 4.69) is 23.4 Å². The SMILES string of the molecule is C#C[C@H]1CC[C@@H](C#N)N1C(=O)CNC1(Oc2cccc(C#N)c2)CCCCC1. The summed E-state index contributed by atoms with van der Waals surface area (Å²) in [6.07, 6.45) is 11.5. The lowest BCUT2D eigenvalue weighted by Gasteiger charge is -2.39. The zero-order valence-corrected chi connectivity index (χ0v) is 15.9. The quantitative estimate of drug-likeness (QED) is 0.630. The number of nitriles is 2. The highest BCUT2D eigenvalue weighted by Crippen LogP contribution is 2.32. The summed E-state index contributed by atoms with van der Waals surface area (Å²) in [4.78, 5) is 14.4. The van der Waals surface area contributed by atoms with Crippen molar-refractivity contribution in [3.05, 3.63) is 29.8 Å². The van der Waals surface area contributed by atoms with Gasteiger partial charge in [0.1, 0.15) is 11.8 Å². The maximum Gasteiger partial charge on any atom is 0.238 e. The van der Waals surface area contributed by atoms with Crippen LogP contribution < -0.4 is 10.1 Å². The highest BCUT2D eigenvalue weighted by atomic mass is 16.5. The van der Waals surface area contributed by atoms with Crippen LogP contribution in [0.3, 0.4) is 0 Å². The van der Waals surface area contributed by atoms with E-state index in [4.69, 9.17) is 16.4 Å². The molecule has 6 nitrogen and oxygen atoms in total. The van der Waals surface area contributed by atoms with E-state index in [0.29, 0.717) is 24.2 Å². The number of benzene rings is 1. The molecular formula is C22H24N4O2. The first-order valence-corrected chi connectivity index (χ1v) is 9.72. The molecule has 0 bridgehead atoms. The molecule has 1 amide bonds. The fourth-order valence-corrected chi connectivity index (χ4v) is 4.07. The summed E-state index contributed by atoms with van der Waals surface area (Å²) in [6.45, 7) is 0.0638. The second-order valence-electron chi connectivity index (χ2n) is 7.36. The molecule has 0 spiro atoms. The van der Waals surface area contributed by atoms with Gasteiger partial charge in [0.05, 0.1) is 30.3 Å². The third-order valence-electron chi connectivity index (χ3n) is 5.51. The summed E-state index contributed by atoms with van der Waals surface area (Å²) in [6, 6.07) is 10.5. The Morgan fingerprint density at radius 1 is 1.25 bits per heavy atom. The summed E-state index contributed by atoms with van der Waals surface area (Å²) in [5.74, 6) is 3.06. The van der Waals surface area contributed by atoms with Crippen molar-refractivity contribution < 1.29 is 9.53 Å². The molecule has 2 atom stereocenters. The molecule has 1 saturated heterocycles. The predicted octanol–water partition coefficient (Wildman–Crippen LogP) is 2.70. The molecule has 6 heteroatoms. The minimum absolute atomic E-state index is 0.0638. The molecule has 1 saturated carbocycles. The molecule has 0 radical (unpaired) electrons. The molecule has 1 aliphatic carbocycles. The van der Waals surface area contributed by atoms with Crippen molar-refractivity contribution in [3.8, 4) is 30.2 Å². The van der Waals surface area contributed by atoms with Gasteiger partial charge in [-0.25, -0.2) is 0 Å². The molecule has 0 unspecified atom stereocenters. The van der Waals surface area contributed by atoms with Gasteiger partial charge in [-0.3, -0.25) is 10.1 Å². The largest absolute Gasteiger partial charge is 0.473 e. The topological polar surface area (TPSA) is 89.2 Å². The van der Waals surface area contributed by atoms with E-state index < -0.39 is 11.8 Å². The molecule has 2 aliphatic rings. The minimum atomic E-state index is -0.657. The Labute approximate surface area is 166 Å². The number of likely N-dealkylation sites (tertiary alicyclic amines) is 1. The van der Waals surface area contributed by atoms with Crippen LogP contribution in [-0.2, 0) is 4.79 Å². The molecule has 1 aromatic carbocycles. The van der Waals surface area contributed by atoms with E-state index in [1.807, 2.05) is 6.07 Å². The van der Waals surface area contributed by atoms with E-state index >= 15 is 0 Å². The smallest absolute Gasteiger partial charge is 0.238 e. The third-order valence-corrected chi connectivity index (χ3v) is 5.51. The number of terminal acetylenes is 1. The Morgan fingerprint density at radius 3 is 2.68 bits per heavy atom. The Kier molecular flexibility index (Phi) is 6.19. The lowest BCUT2D eigenvalue weighted by atomic mass is 9.91. The average Bonchev–Trinajstić information content (AvgIpc) is 3.16. The normalized spacial score (nSPS) is 23.2. The van der Waals surface area contributed by atoms with Gasteiger partial charge in [-0.05, 0) is 43.9 Å². The summed E-state index contributed by atoms with van der Waals surface area (Å²) in [5.41, 5.74) is -0.125. The summed E-state index contributed by atoms with van der Waals surface area (Å²) in [5, 5.41) is 21.8. The second kappa shape index (κ2) is 8.79. The predicted molar refractivity (Wildman–Crippen MR) is 104 cm³/mol. The number of hydrogen-bond acceptors (Lipinski definition) is 5. The van der Waals surface area contributed by atoms with Gasteiger partial charge in [0.2, 0.25) is 5.91 Å². The Bertz CT molecular complexity index is 817.